The van der Waals surface area contributed by atoms with Crippen LogP contribution in [0.2, 0.25) is 0 Å². The second kappa shape index (κ2) is 6.23. The average Bonchev–Trinajstić information content (AvgIpc) is 2.92. The van der Waals surface area contributed by atoms with Crippen LogP contribution >= 0.6 is 0 Å². The van der Waals surface area contributed by atoms with Gasteiger partial charge in [-0.2, -0.15) is 0 Å². The Labute approximate surface area is 116 Å². The van der Waals surface area contributed by atoms with Gasteiger partial charge in [0.15, 0.2) is 0 Å². The average molecular weight is 268 g/mol. The molecule has 0 aromatic heterocycles. The zero-order chi connectivity index (χ0) is 13.9. The quantitative estimate of drug-likeness (QED) is 0.800. The summed E-state index contributed by atoms with van der Waals surface area (Å²) in [7, 11) is 1.96. The van der Waals surface area contributed by atoms with E-state index in [1.165, 1.54) is 25.7 Å². The largest absolute Gasteiger partial charge is 0.378 e. The molecule has 0 aromatic rings. The molecule has 2 unspecified atom stereocenters. The number of nitrogens with two attached hydrogens (primary N) is 1. The third kappa shape index (κ3) is 2.65. The van der Waals surface area contributed by atoms with Crippen LogP contribution in [-0.4, -0.2) is 43.2 Å². The minimum atomic E-state index is 0.247. The van der Waals surface area contributed by atoms with Crippen molar-refractivity contribution in [2.24, 2.45) is 11.1 Å². The lowest BCUT2D eigenvalue weighted by molar-refractivity contribution is -0.172. The highest BCUT2D eigenvalue weighted by Crippen LogP contribution is 2.56. The Morgan fingerprint density at radius 3 is 2.68 bits per heavy atom. The van der Waals surface area contributed by atoms with Crippen molar-refractivity contribution >= 4 is 5.91 Å². The second-order valence-electron chi connectivity index (χ2n) is 6.03. The summed E-state index contributed by atoms with van der Waals surface area (Å²) >= 11 is 0. The fraction of sp³-hybridized carbons (Fsp3) is 0.933. The van der Waals surface area contributed by atoms with E-state index in [1.54, 1.807) is 0 Å². The van der Waals surface area contributed by atoms with E-state index in [2.05, 4.69) is 6.92 Å². The molecular formula is C15H28N2O2. The van der Waals surface area contributed by atoms with Crippen molar-refractivity contribution in [1.82, 2.24) is 4.90 Å². The first-order valence-electron chi connectivity index (χ1n) is 7.73. The van der Waals surface area contributed by atoms with Gasteiger partial charge in [0.1, 0.15) is 0 Å². The first-order chi connectivity index (χ1) is 9.15. The van der Waals surface area contributed by atoms with Crippen LogP contribution in [0.4, 0.5) is 0 Å². The van der Waals surface area contributed by atoms with E-state index in [0.717, 1.165) is 19.4 Å². The number of carbonyl (C=O) groups is 1. The monoisotopic (exact) mass is 268 g/mol. The van der Waals surface area contributed by atoms with Crippen LogP contribution in [0.1, 0.15) is 51.9 Å². The minimum Gasteiger partial charge on any atom is -0.378 e. The molecule has 1 amide bonds. The van der Waals surface area contributed by atoms with Crippen LogP contribution in [0.5, 0.6) is 0 Å². The Hall–Kier alpha value is -0.610. The summed E-state index contributed by atoms with van der Waals surface area (Å²) in [5.41, 5.74) is 5.74. The number of hydrogen-bond acceptors (Lipinski definition) is 3. The molecule has 2 N–H and O–H groups in total. The normalized spacial score (nSPS) is 28.4. The maximum absolute atomic E-state index is 12.2. The molecule has 2 rings (SSSR count). The molecule has 2 fully saturated rings. The van der Waals surface area contributed by atoms with E-state index in [1.807, 2.05) is 11.9 Å². The van der Waals surface area contributed by atoms with Crippen LogP contribution < -0.4 is 5.73 Å². The number of ether oxygens (including phenoxy) is 1. The molecule has 0 heterocycles. The number of carbonyl (C=O) groups excluding carboxylic acids is 1. The first-order valence-corrected chi connectivity index (χ1v) is 7.73. The van der Waals surface area contributed by atoms with Gasteiger partial charge in [-0.3, -0.25) is 4.79 Å². The Bertz CT molecular complexity index is 313. The summed E-state index contributed by atoms with van der Waals surface area (Å²) in [6.45, 7) is 3.44. The lowest BCUT2D eigenvalue weighted by Gasteiger charge is -2.57. The number of amides is 1. The van der Waals surface area contributed by atoms with E-state index in [0.29, 0.717) is 25.1 Å². The van der Waals surface area contributed by atoms with Crippen molar-refractivity contribution in [3.8, 4) is 0 Å². The third-order valence-electron chi connectivity index (χ3n) is 5.10. The lowest BCUT2D eigenvalue weighted by atomic mass is 9.60. The predicted octanol–water partition coefficient (Wildman–Crippen LogP) is 1.92. The Kier molecular flexibility index (Phi) is 4.85. The molecule has 4 heteroatoms. The summed E-state index contributed by atoms with van der Waals surface area (Å²) in [5.74, 6) is 0.247. The Morgan fingerprint density at radius 1 is 1.42 bits per heavy atom. The van der Waals surface area contributed by atoms with Gasteiger partial charge in [-0.25, -0.2) is 0 Å². The molecular weight excluding hydrogens is 240 g/mol. The van der Waals surface area contributed by atoms with Gasteiger partial charge in [0.25, 0.3) is 0 Å². The summed E-state index contributed by atoms with van der Waals surface area (Å²) < 4.78 is 5.90. The van der Waals surface area contributed by atoms with Crippen LogP contribution in [0.25, 0.3) is 0 Å². The molecule has 0 aromatic carbocycles. The van der Waals surface area contributed by atoms with Crippen LogP contribution in [0.3, 0.4) is 0 Å². The zero-order valence-corrected chi connectivity index (χ0v) is 12.4. The second-order valence-corrected chi connectivity index (χ2v) is 6.03. The summed E-state index contributed by atoms with van der Waals surface area (Å²) in [4.78, 5) is 14.2. The fourth-order valence-corrected chi connectivity index (χ4v) is 4.00. The molecule has 19 heavy (non-hydrogen) atoms. The molecule has 0 radical (unpaired) electrons. The van der Waals surface area contributed by atoms with E-state index < -0.39 is 0 Å². The highest BCUT2D eigenvalue weighted by molar-refractivity contribution is 5.76. The van der Waals surface area contributed by atoms with Gasteiger partial charge in [0, 0.05) is 31.5 Å². The molecule has 2 atom stereocenters. The maximum Gasteiger partial charge on any atom is 0.222 e. The van der Waals surface area contributed by atoms with Gasteiger partial charge in [-0.15, -0.1) is 0 Å². The summed E-state index contributed by atoms with van der Waals surface area (Å²) in [6.07, 6.45) is 7.76. The Morgan fingerprint density at radius 2 is 2.11 bits per heavy atom. The van der Waals surface area contributed by atoms with Gasteiger partial charge in [-0.05, 0) is 39.2 Å². The van der Waals surface area contributed by atoms with E-state index in [-0.39, 0.29) is 11.3 Å². The molecule has 0 saturated heterocycles. The first kappa shape index (κ1) is 14.8. The number of rotatable bonds is 6. The summed E-state index contributed by atoms with van der Waals surface area (Å²) in [6, 6.07) is 0.386. The van der Waals surface area contributed by atoms with Crippen LogP contribution in [-0.2, 0) is 9.53 Å². The van der Waals surface area contributed by atoms with Gasteiger partial charge >= 0.3 is 0 Å². The van der Waals surface area contributed by atoms with Gasteiger partial charge < -0.3 is 15.4 Å². The van der Waals surface area contributed by atoms with Crippen LogP contribution in [0.15, 0.2) is 0 Å². The van der Waals surface area contributed by atoms with E-state index >= 15 is 0 Å². The lowest BCUT2D eigenvalue weighted by Crippen LogP contribution is -2.64. The zero-order valence-electron chi connectivity index (χ0n) is 12.4. The van der Waals surface area contributed by atoms with Gasteiger partial charge in [0.2, 0.25) is 5.91 Å². The van der Waals surface area contributed by atoms with E-state index in [9.17, 15) is 4.79 Å². The molecule has 0 bridgehead atoms. The molecule has 110 valence electrons. The SMILES string of the molecule is CCOC1CC(N(C)C(=O)CCCN)C12CCCC2. The van der Waals surface area contributed by atoms with Crippen molar-refractivity contribution < 1.29 is 9.53 Å². The van der Waals surface area contributed by atoms with Crippen LogP contribution in [0, 0.1) is 5.41 Å². The van der Waals surface area contributed by atoms with Crippen molar-refractivity contribution in [3.63, 3.8) is 0 Å². The van der Waals surface area contributed by atoms with Crippen molar-refractivity contribution in [3.05, 3.63) is 0 Å². The predicted molar refractivity (Wildman–Crippen MR) is 75.8 cm³/mol. The molecule has 2 aliphatic carbocycles. The molecule has 0 aliphatic heterocycles. The maximum atomic E-state index is 12.2. The van der Waals surface area contributed by atoms with Gasteiger partial charge in [-0.1, -0.05) is 12.8 Å². The van der Waals surface area contributed by atoms with Crippen molar-refractivity contribution in [2.45, 2.75) is 64.0 Å². The standard InChI is InChI=1S/C15H28N2O2/c1-3-19-13-11-12(15(13)8-4-5-9-15)17(2)14(18)7-6-10-16/h12-13H,3-11,16H2,1-2H3. The molecule has 2 saturated carbocycles. The number of hydrogen-bond donors (Lipinski definition) is 1. The van der Waals surface area contributed by atoms with Crippen molar-refractivity contribution in [2.75, 3.05) is 20.2 Å². The summed E-state index contributed by atoms with van der Waals surface area (Å²) in [5, 5.41) is 0. The topological polar surface area (TPSA) is 55.6 Å². The highest BCUT2D eigenvalue weighted by Gasteiger charge is 2.58. The third-order valence-corrected chi connectivity index (χ3v) is 5.10. The van der Waals surface area contributed by atoms with E-state index in [4.69, 9.17) is 10.5 Å². The molecule has 4 nitrogen and oxygen atoms in total. The highest BCUT2D eigenvalue weighted by atomic mass is 16.5. The number of nitrogens with zero attached hydrogens (tertiary/aromatic N) is 1. The van der Waals surface area contributed by atoms with Gasteiger partial charge in [0.05, 0.1) is 6.10 Å². The molecule has 2 aliphatic rings. The van der Waals surface area contributed by atoms with Crippen molar-refractivity contribution in [1.29, 1.82) is 0 Å². The Balaban J connectivity index is 1.98. The smallest absolute Gasteiger partial charge is 0.222 e. The molecule has 1 spiro atoms. The minimum absolute atomic E-state index is 0.247. The fourth-order valence-electron chi connectivity index (χ4n) is 4.00.